The molecule has 1 spiro atoms. The molecule has 0 aromatic rings. The van der Waals surface area contributed by atoms with Crippen LogP contribution in [0.25, 0.3) is 0 Å². The summed E-state index contributed by atoms with van der Waals surface area (Å²) in [7, 11) is 0. The highest BCUT2D eigenvalue weighted by atomic mass is 16.7. The zero-order chi connectivity index (χ0) is 31.5. The molecule has 4 rings (SSSR count). The molecule has 4 unspecified atom stereocenters. The Morgan fingerprint density at radius 2 is 0.833 bits per heavy atom. The first-order valence-electron chi connectivity index (χ1n) is 16.6. The average Bonchev–Trinajstić information content (AvgIpc) is 2.86. The molecule has 2 aliphatic carbocycles. The number of hydrogen-bond acceptors (Lipinski definition) is 7. The molecular weight excluding hydrogens is 530 g/mol. The summed E-state index contributed by atoms with van der Waals surface area (Å²) in [6, 6.07) is -0.190. The summed E-state index contributed by atoms with van der Waals surface area (Å²) in [6.45, 7) is 29.0. The topological polar surface area (TPSA) is 86.6 Å². The zero-order valence-corrected chi connectivity index (χ0v) is 28.9. The van der Waals surface area contributed by atoms with Crippen molar-refractivity contribution < 1.29 is 24.1 Å². The normalized spacial score (nSPS) is 42.9. The van der Waals surface area contributed by atoms with Crippen molar-refractivity contribution in [3.8, 4) is 0 Å². The van der Waals surface area contributed by atoms with Gasteiger partial charge in [0.05, 0.1) is 44.0 Å². The fourth-order valence-corrected chi connectivity index (χ4v) is 8.60. The van der Waals surface area contributed by atoms with Gasteiger partial charge in [0.2, 0.25) is 0 Å². The third-order valence-corrected chi connectivity index (χ3v) is 11.4. The Morgan fingerprint density at radius 3 is 1.10 bits per heavy atom. The van der Waals surface area contributed by atoms with Gasteiger partial charge in [0.25, 0.3) is 0 Å². The van der Waals surface area contributed by atoms with Gasteiger partial charge < -0.3 is 24.1 Å². The molecule has 0 amide bonds. The van der Waals surface area contributed by atoms with Crippen LogP contribution in [0.3, 0.4) is 0 Å². The van der Waals surface area contributed by atoms with Crippen molar-refractivity contribution in [2.45, 2.75) is 133 Å². The van der Waals surface area contributed by atoms with E-state index in [0.717, 1.165) is 25.7 Å². The second-order valence-electron chi connectivity index (χ2n) is 18.9. The average molecular weight is 594 g/mol. The summed E-state index contributed by atoms with van der Waals surface area (Å²) < 4.78 is 26.0. The van der Waals surface area contributed by atoms with Crippen LogP contribution in [-0.4, -0.2) is 56.3 Å². The fourth-order valence-electron chi connectivity index (χ4n) is 8.60. The van der Waals surface area contributed by atoms with Crippen LogP contribution in [0.15, 0.2) is 5.18 Å². The van der Waals surface area contributed by atoms with Crippen LogP contribution in [0.1, 0.15) is 109 Å². The first kappa shape index (κ1) is 34.3. The van der Waals surface area contributed by atoms with E-state index < -0.39 is 0 Å². The molecular formula is C35H63NO6. The number of aliphatic hydroxyl groups excluding tert-OH is 1. The molecule has 4 fully saturated rings. The van der Waals surface area contributed by atoms with Gasteiger partial charge in [0.15, 0.2) is 12.6 Å². The first-order chi connectivity index (χ1) is 19.2. The summed E-state index contributed by atoms with van der Waals surface area (Å²) in [6.07, 6.45) is 2.73. The molecule has 2 heterocycles. The predicted molar refractivity (Wildman–Crippen MR) is 167 cm³/mol. The number of nitrogens with zero attached hydrogens (tertiary/aromatic N) is 1. The van der Waals surface area contributed by atoms with Crippen LogP contribution >= 0.6 is 0 Å². The van der Waals surface area contributed by atoms with E-state index in [4.69, 9.17) is 18.9 Å². The monoisotopic (exact) mass is 593 g/mol. The molecule has 0 bridgehead atoms. The Hall–Kier alpha value is -0.600. The van der Waals surface area contributed by atoms with E-state index in [1.807, 2.05) is 0 Å². The molecule has 1 N–H and O–H groups in total. The summed E-state index contributed by atoms with van der Waals surface area (Å²) in [5.41, 5.74) is -0.330. The maximum atomic E-state index is 12.1. The Bertz CT molecular complexity index is 858. The van der Waals surface area contributed by atoms with E-state index in [9.17, 15) is 10.0 Å². The lowest BCUT2D eigenvalue weighted by molar-refractivity contribution is -0.326. The van der Waals surface area contributed by atoms with Gasteiger partial charge in [-0.2, -0.15) is 4.91 Å². The van der Waals surface area contributed by atoms with Crippen molar-refractivity contribution in [1.82, 2.24) is 0 Å². The van der Waals surface area contributed by atoms with Crippen LogP contribution in [0.2, 0.25) is 0 Å². The molecule has 0 radical (unpaired) electrons. The molecule has 2 saturated carbocycles. The van der Waals surface area contributed by atoms with Crippen LogP contribution < -0.4 is 0 Å². The van der Waals surface area contributed by atoms with Crippen molar-refractivity contribution in [2.24, 2.45) is 67.8 Å². The predicted octanol–water partition coefficient (Wildman–Crippen LogP) is 7.68. The van der Waals surface area contributed by atoms with E-state index in [1.54, 1.807) is 0 Å². The minimum Gasteiger partial charge on any atom is -0.393 e. The summed E-state index contributed by atoms with van der Waals surface area (Å²) in [5, 5.41) is 15.1. The largest absolute Gasteiger partial charge is 0.393 e. The minimum atomic E-state index is -0.318. The SMILES string of the molecule is CC(C)(C)C1CC(C2OCC3(CO2)COC(C2CC(C(C)(C)C)C(N=O)C(C(C)(C)C)C2)OC3)CC(C(C)(C)C)C1O. The Balaban J connectivity index is 1.39. The molecule has 2 aliphatic heterocycles. The fraction of sp³-hybridized carbons (Fsp3) is 1.00. The molecule has 7 heteroatoms. The Kier molecular flexibility index (Phi) is 9.76. The van der Waals surface area contributed by atoms with Crippen LogP contribution in [-0.2, 0) is 18.9 Å². The summed E-state index contributed by atoms with van der Waals surface area (Å²) in [4.78, 5) is 12.1. The highest BCUT2D eigenvalue weighted by molar-refractivity contribution is 5.01. The first-order valence-corrected chi connectivity index (χ1v) is 16.6. The van der Waals surface area contributed by atoms with E-state index in [-0.39, 0.29) is 87.3 Å². The van der Waals surface area contributed by atoms with Crippen LogP contribution in [0.5, 0.6) is 0 Å². The van der Waals surface area contributed by atoms with Gasteiger partial charge in [-0.25, -0.2) is 0 Å². The lowest BCUT2D eigenvalue weighted by atomic mass is 9.57. The number of hydrogen-bond donors (Lipinski definition) is 1. The molecule has 42 heavy (non-hydrogen) atoms. The highest BCUT2D eigenvalue weighted by Gasteiger charge is 2.53. The lowest BCUT2D eigenvalue weighted by Crippen LogP contribution is -2.57. The minimum absolute atomic E-state index is 0.0104. The molecule has 4 atom stereocenters. The number of rotatable bonds is 3. The second kappa shape index (κ2) is 12.0. The summed E-state index contributed by atoms with van der Waals surface area (Å²) >= 11 is 0. The van der Waals surface area contributed by atoms with Crippen molar-refractivity contribution in [3.63, 3.8) is 0 Å². The van der Waals surface area contributed by atoms with Crippen molar-refractivity contribution in [3.05, 3.63) is 4.91 Å². The molecule has 2 saturated heterocycles. The summed E-state index contributed by atoms with van der Waals surface area (Å²) in [5.74, 6) is 1.25. The standard InChI is InChI=1S/C35H63NO6/c1-31(2,3)23-13-21(14-24(27(23)36-38)32(4,5)6)29-39-17-35(18-40-29)19-41-30(42-20-35)22-15-25(33(7,8)9)28(37)26(16-22)34(10,11)12/h21-30,37H,13-20H2,1-12H3. The van der Waals surface area contributed by atoms with Crippen molar-refractivity contribution in [1.29, 1.82) is 0 Å². The van der Waals surface area contributed by atoms with E-state index in [2.05, 4.69) is 88.3 Å². The molecule has 4 aliphatic rings. The lowest BCUT2D eigenvalue weighted by Gasteiger charge is -2.53. The maximum absolute atomic E-state index is 12.1. The van der Waals surface area contributed by atoms with Gasteiger partial charge in [0.1, 0.15) is 0 Å². The van der Waals surface area contributed by atoms with Gasteiger partial charge in [-0.05, 0) is 71.0 Å². The van der Waals surface area contributed by atoms with Crippen molar-refractivity contribution in [2.75, 3.05) is 26.4 Å². The number of aliphatic hydroxyl groups is 1. The molecule has 244 valence electrons. The molecule has 0 aromatic carbocycles. The van der Waals surface area contributed by atoms with Crippen molar-refractivity contribution >= 4 is 0 Å². The second-order valence-corrected chi connectivity index (χ2v) is 18.9. The molecule has 7 nitrogen and oxygen atoms in total. The number of nitroso groups, excluding NO2 is 1. The van der Waals surface area contributed by atoms with E-state index in [1.165, 1.54) is 0 Å². The Morgan fingerprint density at radius 1 is 0.548 bits per heavy atom. The quantitative estimate of drug-likeness (QED) is 0.338. The highest BCUT2D eigenvalue weighted by Crippen LogP contribution is 2.53. The van der Waals surface area contributed by atoms with Gasteiger partial charge in [0, 0.05) is 11.8 Å². The molecule has 0 aromatic heterocycles. The third kappa shape index (κ3) is 7.27. The maximum Gasteiger partial charge on any atom is 0.160 e. The van der Waals surface area contributed by atoms with Crippen LogP contribution in [0, 0.1) is 67.5 Å². The smallest absolute Gasteiger partial charge is 0.160 e. The third-order valence-electron chi connectivity index (χ3n) is 11.4. The van der Waals surface area contributed by atoms with Gasteiger partial charge in [-0.15, -0.1) is 0 Å². The van der Waals surface area contributed by atoms with Gasteiger partial charge in [-0.3, -0.25) is 0 Å². The van der Waals surface area contributed by atoms with Gasteiger partial charge >= 0.3 is 0 Å². The van der Waals surface area contributed by atoms with E-state index >= 15 is 0 Å². The van der Waals surface area contributed by atoms with Gasteiger partial charge in [-0.1, -0.05) is 88.3 Å². The number of ether oxygens (including phenoxy) is 4. The van der Waals surface area contributed by atoms with Crippen LogP contribution in [0.4, 0.5) is 0 Å². The van der Waals surface area contributed by atoms with E-state index in [0.29, 0.717) is 26.4 Å². The zero-order valence-electron chi connectivity index (χ0n) is 28.9. The Labute approximate surface area is 256 Å².